The summed E-state index contributed by atoms with van der Waals surface area (Å²) < 4.78 is 1.63. The summed E-state index contributed by atoms with van der Waals surface area (Å²) in [6.07, 6.45) is 3.16. The predicted octanol–water partition coefficient (Wildman–Crippen LogP) is 1.34. The second kappa shape index (κ2) is 2.62. The van der Waals surface area contributed by atoms with E-state index in [9.17, 15) is 4.79 Å². The lowest BCUT2D eigenvalue weighted by Crippen LogP contribution is -2.25. The first-order chi connectivity index (χ1) is 5.43. The minimum Gasteiger partial charge on any atom is -0.475 e. The van der Waals surface area contributed by atoms with Gasteiger partial charge in [0.1, 0.15) is 0 Å². The van der Waals surface area contributed by atoms with Gasteiger partial charge in [-0.1, -0.05) is 0 Å². The summed E-state index contributed by atoms with van der Waals surface area (Å²) in [6.45, 7) is 5.80. The first-order valence-corrected chi connectivity index (χ1v) is 3.70. The summed E-state index contributed by atoms with van der Waals surface area (Å²) in [6, 6.07) is 0. The van der Waals surface area contributed by atoms with Gasteiger partial charge >= 0.3 is 5.97 Å². The molecule has 0 aliphatic rings. The van der Waals surface area contributed by atoms with E-state index in [4.69, 9.17) is 5.11 Å². The number of aromatic nitrogens is 2. The maximum atomic E-state index is 10.6. The Hall–Kier alpha value is -1.32. The molecule has 0 atom stereocenters. The Morgan fingerprint density at radius 1 is 1.58 bits per heavy atom. The number of hydrogen-bond donors (Lipinski definition) is 1. The van der Waals surface area contributed by atoms with Crippen LogP contribution in [0.15, 0.2) is 12.4 Å². The Bertz CT molecular complexity index is 296. The minimum atomic E-state index is -0.991. The normalized spacial score (nSPS) is 11.6. The number of hydrogen-bond acceptors (Lipinski definition) is 2. The molecule has 0 aromatic carbocycles. The molecule has 4 heteroatoms. The van der Waals surface area contributed by atoms with Crippen LogP contribution in [0.5, 0.6) is 0 Å². The molecule has 0 aliphatic carbocycles. The Kier molecular flexibility index (Phi) is 1.92. The van der Waals surface area contributed by atoms with Crippen LogP contribution in [0, 0.1) is 0 Å². The molecule has 0 bridgehead atoms. The van der Waals surface area contributed by atoms with Gasteiger partial charge in [0.15, 0.2) is 0 Å². The first-order valence-electron chi connectivity index (χ1n) is 3.70. The van der Waals surface area contributed by atoms with Gasteiger partial charge < -0.3 is 9.67 Å². The third-order valence-electron chi connectivity index (χ3n) is 1.55. The molecule has 0 radical (unpaired) electrons. The molecular weight excluding hydrogens is 156 g/mol. The fourth-order valence-electron chi connectivity index (χ4n) is 1.00. The summed E-state index contributed by atoms with van der Waals surface area (Å²) in [4.78, 5) is 14.4. The van der Waals surface area contributed by atoms with Crippen molar-refractivity contribution in [3.05, 3.63) is 18.2 Å². The van der Waals surface area contributed by atoms with Gasteiger partial charge in [-0.15, -0.1) is 0 Å². The Morgan fingerprint density at radius 3 is 2.50 bits per heavy atom. The summed E-state index contributed by atoms with van der Waals surface area (Å²) >= 11 is 0. The van der Waals surface area contributed by atoms with Crippen molar-refractivity contribution in [2.45, 2.75) is 26.3 Å². The van der Waals surface area contributed by atoms with Crippen molar-refractivity contribution in [1.82, 2.24) is 9.55 Å². The van der Waals surface area contributed by atoms with E-state index in [1.165, 1.54) is 6.20 Å². The monoisotopic (exact) mass is 168 g/mol. The van der Waals surface area contributed by atoms with E-state index in [2.05, 4.69) is 4.98 Å². The van der Waals surface area contributed by atoms with E-state index in [0.717, 1.165) is 0 Å². The zero-order valence-corrected chi connectivity index (χ0v) is 7.40. The highest BCUT2D eigenvalue weighted by Gasteiger charge is 2.20. The Balaban J connectivity index is 3.17. The molecule has 0 fully saturated rings. The molecule has 4 nitrogen and oxygen atoms in total. The molecule has 12 heavy (non-hydrogen) atoms. The quantitative estimate of drug-likeness (QED) is 0.688. The predicted molar refractivity (Wildman–Crippen MR) is 44.2 cm³/mol. The standard InChI is InChI=1S/C8H12N2O2/c1-8(2,3)10-5-4-9-6(10)7(11)12/h4-5H,1-3H3,(H,11,12). The highest BCUT2D eigenvalue weighted by molar-refractivity contribution is 5.83. The van der Waals surface area contributed by atoms with E-state index >= 15 is 0 Å². The SMILES string of the molecule is CC(C)(C)n1ccnc1C(=O)O. The third-order valence-corrected chi connectivity index (χ3v) is 1.55. The van der Waals surface area contributed by atoms with Crippen molar-refractivity contribution >= 4 is 5.97 Å². The number of carbonyl (C=O) groups is 1. The van der Waals surface area contributed by atoms with Crippen molar-refractivity contribution in [3.63, 3.8) is 0 Å². The van der Waals surface area contributed by atoms with Gasteiger partial charge in [0.05, 0.1) is 0 Å². The van der Waals surface area contributed by atoms with Crippen LogP contribution in [-0.4, -0.2) is 20.6 Å². The lowest BCUT2D eigenvalue weighted by molar-refractivity contribution is 0.0671. The van der Waals surface area contributed by atoms with Crippen LogP contribution in [0.4, 0.5) is 0 Å². The van der Waals surface area contributed by atoms with Crippen molar-refractivity contribution in [1.29, 1.82) is 0 Å². The van der Waals surface area contributed by atoms with E-state index in [1.807, 2.05) is 20.8 Å². The Morgan fingerprint density at radius 2 is 2.17 bits per heavy atom. The summed E-state index contributed by atoms with van der Waals surface area (Å²) in [7, 11) is 0. The average molecular weight is 168 g/mol. The molecule has 0 unspecified atom stereocenters. The van der Waals surface area contributed by atoms with Gasteiger partial charge in [0.25, 0.3) is 0 Å². The molecule has 1 aromatic heterocycles. The molecule has 0 amide bonds. The zero-order chi connectivity index (χ0) is 9.35. The van der Waals surface area contributed by atoms with Crippen molar-refractivity contribution in [3.8, 4) is 0 Å². The maximum absolute atomic E-state index is 10.6. The molecule has 1 aromatic rings. The molecule has 0 saturated heterocycles. The zero-order valence-electron chi connectivity index (χ0n) is 7.40. The van der Waals surface area contributed by atoms with Crippen molar-refractivity contribution in [2.75, 3.05) is 0 Å². The first kappa shape index (κ1) is 8.77. The van der Waals surface area contributed by atoms with Crippen molar-refractivity contribution in [2.24, 2.45) is 0 Å². The highest BCUT2D eigenvalue weighted by atomic mass is 16.4. The second-order valence-electron chi connectivity index (χ2n) is 3.60. The average Bonchev–Trinajstić information content (AvgIpc) is 2.30. The van der Waals surface area contributed by atoms with E-state index in [0.29, 0.717) is 0 Å². The number of nitrogens with zero attached hydrogens (tertiary/aromatic N) is 2. The molecule has 1 rings (SSSR count). The van der Waals surface area contributed by atoms with Crippen LogP contribution in [-0.2, 0) is 5.54 Å². The van der Waals surface area contributed by atoms with Crippen LogP contribution in [0.3, 0.4) is 0 Å². The number of aromatic carboxylic acids is 1. The van der Waals surface area contributed by atoms with Crippen LogP contribution in [0.25, 0.3) is 0 Å². The number of carboxylic acids is 1. The maximum Gasteiger partial charge on any atom is 0.372 e. The minimum absolute atomic E-state index is 0.0856. The Labute approximate surface area is 70.9 Å². The molecule has 1 N–H and O–H groups in total. The largest absolute Gasteiger partial charge is 0.475 e. The van der Waals surface area contributed by atoms with E-state index < -0.39 is 5.97 Å². The van der Waals surface area contributed by atoms with E-state index in [1.54, 1.807) is 10.8 Å². The van der Waals surface area contributed by atoms with Gasteiger partial charge in [0.2, 0.25) is 5.82 Å². The summed E-state index contributed by atoms with van der Waals surface area (Å²) in [5.74, 6) is -0.905. The smallest absolute Gasteiger partial charge is 0.372 e. The molecule has 66 valence electrons. The molecule has 0 spiro atoms. The van der Waals surface area contributed by atoms with Crippen molar-refractivity contribution < 1.29 is 9.90 Å². The van der Waals surface area contributed by atoms with Crippen LogP contribution < -0.4 is 0 Å². The fourth-order valence-corrected chi connectivity index (χ4v) is 1.00. The lowest BCUT2D eigenvalue weighted by atomic mass is 10.1. The topological polar surface area (TPSA) is 55.1 Å². The highest BCUT2D eigenvalue weighted by Crippen LogP contribution is 2.15. The summed E-state index contributed by atoms with van der Waals surface area (Å²) in [5.41, 5.74) is -0.232. The van der Waals surface area contributed by atoms with Gasteiger partial charge in [0, 0.05) is 17.9 Å². The summed E-state index contributed by atoms with van der Waals surface area (Å²) in [5, 5.41) is 8.73. The second-order valence-corrected chi connectivity index (χ2v) is 3.60. The molecule has 0 aliphatic heterocycles. The number of imidazole rings is 1. The number of rotatable bonds is 1. The third kappa shape index (κ3) is 1.47. The molecule has 0 saturated carbocycles. The molecule has 1 heterocycles. The van der Waals surface area contributed by atoms with Crippen LogP contribution in [0.2, 0.25) is 0 Å². The van der Waals surface area contributed by atoms with Gasteiger partial charge in [-0.2, -0.15) is 0 Å². The van der Waals surface area contributed by atoms with Crippen LogP contribution in [0.1, 0.15) is 31.4 Å². The van der Waals surface area contributed by atoms with Gasteiger partial charge in [-0.3, -0.25) is 0 Å². The van der Waals surface area contributed by atoms with E-state index in [-0.39, 0.29) is 11.4 Å². The molecular formula is C8H12N2O2. The van der Waals surface area contributed by atoms with Crippen LogP contribution >= 0.6 is 0 Å². The fraction of sp³-hybridized carbons (Fsp3) is 0.500. The van der Waals surface area contributed by atoms with Gasteiger partial charge in [-0.25, -0.2) is 9.78 Å². The lowest BCUT2D eigenvalue weighted by Gasteiger charge is -2.21. The van der Waals surface area contributed by atoms with Gasteiger partial charge in [-0.05, 0) is 20.8 Å². The number of carboxylic acid groups (broad SMARTS) is 1.